The quantitative estimate of drug-likeness (QED) is 0.0112. The zero-order valence-electron chi connectivity index (χ0n) is 36.9. The van der Waals surface area contributed by atoms with Gasteiger partial charge in [0.2, 0.25) is 0 Å². The second kappa shape index (κ2) is 40.5. The fourth-order valence-electron chi connectivity index (χ4n) is 5.11. The number of aliphatic hydroxyl groups is 1. The fourth-order valence-corrected chi connectivity index (χ4v) is 6.26. The van der Waals surface area contributed by atoms with Crippen molar-refractivity contribution in [3.63, 3.8) is 0 Å². The van der Waals surface area contributed by atoms with Gasteiger partial charge < -0.3 is 29.3 Å². The van der Waals surface area contributed by atoms with Crippen molar-refractivity contribution in [3.05, 3.63) is 97.2 Å². The lowest BCUT2D eigenvalue weighted by atomic mass is 10.1. The summed E-state index contributed by atoms with van der Waals surface area (Å²) in [5.41, 5.74) is 0. The van der Waals surface area contributed by atoms with Gasteiger partial charge in [0.15, 0.2) is 11.9 Å². The van der Waals surface area contributed by atoms with Gasteiger partial charge in [0.05, 0.1) is 19.8 Å². The first-order chi connectivity index (χ1) is 29.8. The number of unbranched alkanes of at least 4 members (excludes halogenated alkanes) is 7. The molecule has 14 nitrogen and oxygen atoms in total. The van der Waals surface area contributed by atoms with Gasteiger partial charge in [0, 0.05) is 19.3 Å². The van der Waals surface area contributed by atoms with Crippen LogP contribution in [0.25, 0.3) is 0 Å². The third-order valence-corrected chi connectivity index (χ3v) is 9.86. The fraction of sp³-hybridized carbons (Fsp3) is 0.587. The highest BCUT2D eigenvalue weighted by Gasteiger charge is 2.28. The van der Waals surface area contributed by atoms with Crippen LogP contribution in [0.4, 0.5) is 0 Å². The average Bonchev–Trinajstić information content (AvgIpc) is 3.23. The molecule has 0 saturated heterocycles. The van der Waals surface area contributed by atoms with Crippen molar-refractivity contribution in [3.8, 4) is 0 Å². The molecular weight excluding hydrogens is 838 g/mol. The van der Waals surface area contributed by atoms with Crippen LogP contribution in [0.15, 0.2) is 97.2 Å². The highest BCUT2D eigenvalue weighted by atomic mass is 31.2. The first-order valence-corrected chi connectivity index (χ1v) is 24.9. The van der Waals surface area contributed by atoms with Crippen LogP contribution in [0.2, 0.25) is 0 Å². The first-order valence-electron chi connectivity index (χ1n) is 21.9. The van der Waals surface area contributed by atoms with E-state index in [0.717, 1.165) is 83.5 Å². The van der Waals surface area contributed by atoms with Crippen molar-refractivity contribution in [2.24, 2.45) is 0 Å². The largest absolute Gasteiger partial charge is 0.472 e. The Bertz CT molecular complexity index is 1520. The second-order valence-corrected chi connectivity index (χ2v) is 17.0. The summed E-state index contributed by atoms with van der Waals surface area (Å²) in [5.74, 6) is -1.03. The molecule has 0 heterocycles. The molecule has 0 aromatic carbocycles. The maximum Gasteiger partial charge on any atom is 0.472 e. The number of ether oxygens (including phenoxy) is 2. The van der Waals surface area contributed by atoms with E-state index in [-0.39, 0.29) is 18.6 Å². The zero-order valence-corrected chi connectivity index (χ0v) is 38.7. The Kier molecular flexibility index (Phi) is 38.3. The summed E-state index contributed by atoms with van der Waals surface area (Å²) < 4.78 is 47.7. The topological polar surface area (TPSA) is 212 Å². The lowest BCUT2D eigenvalue weighted by molar-refractivity contribution is -0.161. The number of allylic oxidation sites excluding steroid dienone is 16. The van der Waals surface area contributed by atoms with E-state index >= 15 is 0 Å². The van der Waals surface area contributed by atoms with Crippen molar-refractivity contribution in [2.45, 2.75) is 148 Å². The van der Waals surface area contributed by atoms with Gasteiger partial charge in [-0.2, -0.15) is 0 Å². The van der Waals surface area contributed by atoms with E-state index in [4.69, 9.17) is 23.8 Å². The van der Waals surface area contributed by atoms with Gasteiger partial charge in [-0.3, -0.25) is 28.0 Å². The molecule has 0 aromatic heterocycles. The molecule has 0 bridgehead atoms. The number of aliphatic hydroxyl groups excluding tert-OH is 1. The normalized spacial score (nSPS) is 14.8. The van der Waals surface area contributed by atoms with Gasteiger partial charge in [-0.1, -0.05) is 131 Å². The maximum atomic E-state index is 12.7. The van der Waals surface area contributed by atoms with Crippen LogP contribution < -0.4 is 0 Å². The van der Waals surface area contributed by atoms with Crippen LogP contribution in [0.5, 0.6) is 0 Å². The van der Waals surface area contributed by atoms with Crippen LogP contribution in [0, 0.1) is 0 Å². The number of carbonyl (C=O) groups excluding carboxylic acids is 3. The summed E-state index contributed by atoms with van der Waals surface area (Å²) in [6.07, 6.45) is 43.9. The Morgan fingerprint density at radius 2 is 1.05 bits per heavy atom. The van der Waals surface area contributed by atoms with Crippen LogP contribution in [0.1, 0.15) is 136 Å². The molecule has 3 atom stereocenters. The Morgan fingerprint density at radius 3 is 1.66 bits per heavy atom. The Hall–Kier alpha value is -3.29. The lowest BCUT2D eigenvalue weighted by Gasteiger charge is -2.20. The summed E-state index contributed by atoms with van der Waals surface area (Å²) in [6, 6.07) is 0. The average molecular weight is 913 g/mol. The zero-order chi connectivity index (χ0) is 46.0. The number of esters is 2. The van der Waals surface area contributed by atoms with Crippen molar-refractivity contribution in [1.29, 1.82) is 0 Å². The van der Waals surface area contributed by atoms with Gasteiger partial charge in [0.1, 0.15) is 12.7 Å². The van der Waals surface area contributed by atoms with Crippen LogP contribution in [-0.4, -0.2) is 76.1 Å². The van der Waals surface area contributed by atoms with Gasteiger partial charge in [0.25, 0.3) is 0 Å². The number of phosphoric ester groups is 2. The summed E-state index contributed by atoms with van der Waals surface area (Å²) in [5, 5.41) is 9.75. The minimum atomic E-state index is -4.88. The summed E-state index contributed by atoms with van der Waals surface area (Å²) in [4.78, 5) is 64.4. The van der Waals surface area contributed by atoms with Crippen molar-refractivity contribution >= 4 is 33.4 Å². The minimum absolute atomic E-state index is 0.0739. The van der Waals surface area contributed by atoms with Gasteiger partial charge in [-0.25, -0.2) is 9.13 Å². The van der Waals surface area contributed by atoms with E-state index in [1.165, 1.54) is 0 Å². The molecule has 0 radical (unpaired) electrons. The molecule has 0 amide bonds. The monoisotopic (exact) mass is 912 g/mol. The predicted octanol–water partition coefficient (Wildman–Crippen LogP) is 10.5. The van der Waals surface area contributed by atoms with E-state index in [2.05, 4.69) is 71.5 Å². The Balaban J connectivity index is 4.71. The first kappa shape index (κ1) is 58.7. The number of phosphoric acid groups is 2. The standard InChI is InChI=1S/C46H74O14P2/c1-3-5-7-8-9-10-11-12-13-14-15-16-19-23-26-29-33-37-46(50)60-44(41-59-62(54,55)58-39-43(48)38-57-61(51,52)53)40-56-45(49)36-32-28-25-22-20-17-18-21-24-27-31-35-42(47)34-30-6-4-2/h5,7,9-10,12-13,15-18,22,24-25,27,31,35,43-44,48H,3-4,6,8,11,14,19-21,23,26,28-30,32-34,36-41H2,1-2H3,(H,54,55)(H2,51,52,53)/b7-5-,10-9-,13-12-,16-15-,18-17-,25-22-,27-24-,35-31+/t43-,44+/m0/s1. The molecule has 0 aromatic rings. The molecule has 0 aliphatic carbocycles. The van der Waals surface area contributed by atoms with Crippen molar-refractivity contribution < 1.29 is 66.3 Å². The summed E-state index contributed by atoms with van der Waals surface area (Å²) in [7, 11) is -9.73. The molecule has 0 rings (SSSR count). The summed E-state index contributed by atoms with van der Waals surface area (Å²) >= 11 is 0. The maximum absolute atomic E-state index is 12.7. The number of carbonyl (C=O) groups is 3. The van der Waals surface area contributed by atoms with E-state index in [1.54, 1.807) is 12.2 Å². The smallest absolute Gasteiger partial charge is 0.462 e. The molecule has 16 heteroatoms. The highest BCUT2D eigenvalue weighted by molar-refractivity contribution is 7.47. The van der Waals surface area contributed by atoms with Crippen molar-refractivity contribution in [1.82, 2.24) is 0 Å². The molecule has 1 unspecified atom stereocenters. The minimum Gasteiger partial charge on any atom is -0.462 e. The number of rotatable bonds is 40. The Labute approximate surface area is 370 Å². The summed E-state index contributed by atoms with van der Waals surface area (Å²) in [6.45, 7) is 1.36. The second-order valence-electron chi connectivity index (χ2n) is 14.3. The van der Waals surface area contributed by atoms with Crippen LogP contribution in [-0.2, 0) is 46.6 Å². The molecule has 0 fully saturated rings. The molecule has 62 heavy (non-hydrogen) atoms. The molecule has 0 spiro atoms. The van der Waals surface area contributed by atoms with E-state index in [9.17, 15) is 33.5 Å². The number of hydrogen-bond donors (Lipinski definition) is 4. The van der Waals surface area contributed by atoms with Gasteiger partial charge in [-0.05, 0) is 83.1 Å². The Morgan fingerprint density at radius 1 is 0.532 bits per heavy atom. The van der Waals surface area contributed by atoms with Crippen LogP contribution >= 0.6 is 15.6 Å². The van der Waals surface area contributed by atoms with Gasteiger partial charge >= 0.3 is 27.6 Å². The highest BCUT2D eigenvalue weighted by Crippen LogP contribution is 2.43. The molecule has 4 N–H and O–H groups in total. The number of hydrogen-bond acceptors (Lipinski definition) is 11. The van der Waals surface area contributed by atoms with Crippen LogP contribution in [0.3, 0.4) is 0 Å². The lowest BCUT2D eigenvalue weighted by Crippen LogP contribution is -2.30. The van der Waals surface area contributed by atoms with Gasteiger partial charge in [-0.15, -0.1) is 0 Å². The van der Waals surface area contributed by atoms with E-state index in [1.807, 2.05) is 36.5 Å². The SMILES string of the molecule is CC/C=C\C/C=C\C/C=C\C/C=C\CCCCCCC(=O)O[C@H](COC(=O)CCC/C=C\C/C=C\C/C=C\C=C\C(=O)CCCCC)COP(=O)(O)OC[C@@H](O)COP(=O)(O)O. The molecule has 352 valence electrons. The molecule has 0 aliphatic heterocycles. The molecular formula is C46H74O14P2. The van der Waals surface area contributed by atoms with E-state index in [0.29, 0.717) is 25.7 Å². The predicted molar refractivity (Wildman–Crippen MR) is 244 cm³/mol. The third kappa shape index (κ3) is 43.4. The third-order valence-electron chi connectivity index (χ3n) is 8.42. The van der Waals surface area contributed by atoms with E-state index < -0.39 is 66.2 Å². The van der Waals surface area contributed by atoms with Crippen molar-refractivity contribution in [2.75, 3.05) is 26.4 Å². The molecule has 0 aliphatic rings. The molecule has 0 saturated carbocycles. The number of ketones is 1.